The van der Waals surface area contributed by atoms with Crippen LogP contribution in [0.5, 0.6) is 11.5 Å². The van der Waals surface area contributed by atoms with Crippen molar-refractivity contribution >= 4 is 53.1 Å². The van der Waals surface area contributed by atoms with Gasteiger partial charge in [0.1, 0.15) is 57.2 Å². The molecule has 2 aromatic carbocycles. The van der Waals surface area contributed by atoms with E-state index >= 15 is 0 Å². The number of hydrogen-bond donors (Lipinski definition) is 0. The standard InChI is InChI=1S/C29H35ClN2O11/c1-18-11-23(29(19(2)28(18)30)32(15-26(36)40-5)16-27(37)41-6)43-10-9-42-22-12-20(17-33)7-8-21(22)31(13-24(34)38-3)14-25(35)39-4/h7-8,11-12,17H,9-10,13-16H2,1-6H3. The largest absolute Gasteiger partial charge is 0.488 e. The van der Waals surface area contributed by atoms with Crippen molar-refractivity contribution in [1.29, 1.82) is 0 Å². The number of ether oxygens (including phenoxy) is 6. The molecule has 0 aromatic heterocycles. The van der Waals surface area contributed by atoms with Gasteiger partial charge in [0, 0.05) is 10.6 Å². The Morgan fingerprint density at radius 3 is 1.65 bits per heavy atom. The molecule has 0 radical (unpaired) electrons. The van der Waals surface area contributed by atoms with E-state index in [-0.39, 0.29) is 45.1 Å². The first kappa shape index (κ1) is 34.7. The van der Waals surface area contributed by atoms with Crippen LogP contribution in [-0.4, -0.2) is 98.0 Å². The second kappa shape index (κ2) is 16.8. The number of nitrogens with zero attached hydrogens (tertiary/aromatic N) is 2. The number of hydrogen-bond acceptors (Lipinski definition) is 13. The van der Waals surface area contributed by atoms with Crippen LogP contribution in [0, 0.1) is 13.8 Å². The van der Waals surface area contributed by atoms with Crippen molar-refractivity contribution in [2.24, 2.45) is 0 Å². The minimum Gasteiger partial charge on any atom is -0.488 e. The third-order valence-electron chi connectivity index (χ3n) is 6.18. The van der Waals surface area contributed by atoms with Gasteiger partial charge in [-0.05, 0) is 49.2 Å². The molecule has 0 spiro atoms. The first-order valence-corrected chi connectivity index (χ1v) is 13.3. The van der Waals surface area contributed by atoms with Crippen LogP contribution in [-0.2, 0) is 38.1 Å². The molecule has 234 valence electrons. The number of rotatable bonds is 16. The van der Waals surface area contributed by atoms with Crippen LogP contribution in [0.15, 0.2) is 24.3 Å². The number of methoxy groups -OCH3 is 4. The van der Waals surface area contributed by atoms with Gasteiger partial charge in [-0.2, -0.15) is 0 Å². The van der Waals surface area contributed by atoms with Crippen molar-refractivity contribution in [3.8, 4) is 11.5 Å². The highest BCUT2D eigenvalue weighted by Crippen LogP contribution is 2.39. The predicted molar refractivity (Wildman–Crippen MR) is 156 cm³/mol. The molecule has 2 rings (SSSR count). The molecule has 0 saturated heterocycles. The molecule has 0 heterocycles. The van der Waals surface area contributed by atoms with Crippen LogP contribution in [0.4, 0.5) is 11.4 Å². The fourth-order valence-electron chi connectivity index (χ4n) is 4.02. The summed E-state index contributed by atoms with van der Waals surface area (Å²) in [5.74, 6) is -1.90. The molecule has 0 aliphatic carbocycles. The van der Waals surface area contributed by atoms with Gasteiger partial charge in [-0.1, -0.05) is 11.6 Å². The number of anilines is 2. The summed E-state index contributed by atoms with van der Waals surface area (Å²) in [7, 11) is 4.89. The highest BCUT2D eigenvalue weighted by molar-refractivity contribution is 6.32. The molecule has 13 nitrogen and oxygen atoms in total. The second-order valence-electron chi connectivity index (χ2n) is 9.04. The van der Waals surface area contributed by atoms with E-state index in [0.29, 0.717) is 45.1 Å². The minimum absolute atomic E-state index is 0.0312. The lowest BCUT2D eigenvalue weighted by atomic mass is 10.1. The van der Waals surface area contributed by atoms with Crippen molar-refractivity contribution < 1.29 is 52.4 Å². The van der Waals surface area contributed by atoms with E-state index in [1.165, 1.54) is 56.4 Å². The first-order chi connectivity index (χ1) is 20.5. The Morgan fingerprint density at radius 2 is 1.19 bits per heavy atom. The van der Waals surface area contributed by atoms with Crippen LogP contribution in [0.25, 0.3) is 0 Å². The smallest absolute Gasteiger partial charge is 0.325 e. The number of benzene rings is 2. The van der Waals surface area contributed by atoms with E-state index in [1.807, 2.05) is 0 Å². The third kappa shape index (κ3) is 9.77. The van der Waals surface area contributed by atoms with Crippen LogP contribution >= 0.6 is 11.6 Å². The van der Waals surface area contributed by atoms with Crippen LogP contribution in [0.1, 0.15) is 21.5 Å². The fraction of sp³-hybridized carbons (Fsp3) is 0.414. The molecule has 14 heteroatoms. The van der Waals surface area contributed by atoms with Crippen molar-refractivity contribution in [2.75, 3.05) is 77.6 Å². The van der Waals surface area contributed by atoms with E-state index in [0.717, 1.165) is 0 Å². The lowest BCUT2D eigenvalue weighted by Crippen LogP contribution is -2.36. The molecule has 0 bridgehead atoms. The summed E-state index contributed by atoms with van der Waals surface area (Å²) in [6, 6.07) is 6.17. The van der Waals surface area contributed by atoms with Crippen molar-refractivity contribution in [3.63, 3.8) is 0 Å². The summed E-state index contributed by atoms with van der Waals surface area (Å²) in [5.41, 5.74) is 2.27. The Labute approximate surface area is 254 Å². The maximum atomic E-state index is 12.2. The Kier molecular flexibility index (Phi) is 13.6. The van der Waals surface area contributed by atoms with Gasteiger partial charge in [0.25, 0.3) is 0 Å². The van der Waals surface area contributed by atoms with Crippen LogP contribution in [0.2, 0.25) is 5.02 Å². The Hall–Kier alpha value is -4.52. The molecule has 0 saturated carbocycles. The average molecular weight is 623 g/mol. The molecular formula is C29H35ClN2O11. The monoisotopic (exact) mass is 622 g/mol. The average Bonchev–Trinajstić information content (AvgIpc) is 3.00. The normalized spacial score (nSPS) is 10.3. The van der Waals surface area contributed by atoms with Gasteiger partial charge in [-0.15, -0.1) is 0 Å². The zero-order chi connectivity index (χ0) is 32.1. The summed E-state index contributed by atoms with van der Waals surface area (Å²) >= 11 is 6.51. The summed E-state index contributed by atoms with van der Waals surface area (Å²) in [6.45, 7) is 2.28. The molecule has 0 N–H and O–H groups in total. The molecule has 0 aliphatic heterocycles. The van der Waals surface area contributed by atoms with Crippen LogP contribution < -0.4 is 19.3 Å². The van der Waals surface area contributed by atoms with Crippen molar-refractivity contribution in [2.45, 2.75) is 13.8 Å². The maximum absolute atomic E-state index is 12.2. The van der Waals surface area contributed by atoms with Gasteiger partial charge in [0.15, 0.2) is 0 Å². The number of esters is 4. The fourth-order valence-corrected chi connectivity index (χ4v) is 4.17. The van der Waals surface area contributed by atoms with E-state index in [1.54, 1.807) is 19.9 Å². The summed E-state index contributed by atoms with van der Waals surface area (Å²) in [4.78, 5) is 62.7. The lowest BCUT2D eigenvalue weighted by molar-refractivity contribution is -0.141. The molecule has 0 unspecified atom stereocenters. The quantitative estimate of drug-likeness (QED) is 0.117. The summed E-state index contributed by atoms with van der Waals surface area (Å²) < 4.78 is 31.1. The second-order valence-corrected chi connectivity index (χ2v) is 9.42. The molecular weight excluding hydrogens is 588 g/mol. The van der Waals surface area contributed by atoms with E-state index < -0.39 is 23.9 Å². The number of aldehydes is 1. The highest BCUT2D eigenvalue weighted by Gasteiger charge is 2.25. The molecule has 0 aliphatic rings. The molecule has 0 atom stereocenters. The number of aryl methyl sites for hydroxylation is 1. The van der Waals surface area contributed by atoms with Gasteiger partial charge < -0.3 is 38.2 Å². The number of carbonyl (C=O) groups is 5. The van der Waals surface area contributed by atoms with Gasteiger partial charge >= 0.3 is 23.9 Å². The molecule has 0 fully saturated rings. The third-order valence-corrected chi connectivity index (χ3v) is 6.76. The van der Waals surface area contributed by atoms with Crippen LogP contribution in [0.3, 0.4) is 0 Å². The predicted octanol–water partition coefficient (Wildman–Crippen LogP) is 2.53. The van der Waals surface area contributed by atoms with E-state index in [9.17, 15) is 24.0 Å². The topological polar surface area (TPSA) is 147 Å². The van der Waals surface area contributed by atoms with Gasteiger partial charge in [-0.3, -0.25) is 24.0 Å². The summed E-state index contributed by atoms with van der Waals surface area (Å²) in [6.07, 6.45) is 0.626. The van der Waals surface area contributed by atoms with Gasteiger partial charge in [-0.25, -0.2) is 0 Å². The van der Waals surface area contributed by atoms with Crippen molar-refractivity contribution in [1.82, 2.24) is 0 Å². The highest BCUT2D eigenvalue weighted by atomic mass is 35.5. The Morgan fingerprint density at radius 1 is 0.721 bits per heavy atom. The lowest BCUT2D eigenvalue weighted by Gasteiger charge is -2.28. The molecule has 43 heavy (non-hydrogen) atoms. The van der Waals surface area contributed by atoms with Gasteiger partial charge in [0.2, 0.25) is 0 Å². The Balaban J connectivity index is 2.37. The summed E-state index contributed by atoms with van der Waals surface area (Å²) in [5, 5.41) is 0.421. The minimum atomic E-state index is -0.609. The zero-order valence-corrected chi connectivity index (χ0v) is 25.6. The molecule has 0 amide bonds. The van der Waals surface area contributed by atoms with E-state index in [2.05, 4.69) is 0 Å². The zero-order valence-electron chi connectivity index (χ0n) is 24.9. The van der Waals surface area contributed by atoms with Crippen molar-refractivity contribution in [3.05, 3.63) is 46.0 Å². The number of halogens is 1. The number of carbonyl (C=O) groups excluding carboxylic acids is 5. The molecule has 2 aromatic rings. The maximum Gasteiger partial charge on any atom is 0.325 e. The SMILES string of the molecule is COC(=O)CN(CC(=O)OC)c1ccc(C=O)cc1OCCOc1cc(C)c(Cl)c(C)c1N(CC(=O)OC)CC(=O)OC. The van der Waals surface area contributed by atoms with E-state index in [4.69, 9.17) is 40.0 Å². The van der Waals surface area contributed by atoms with Gasteiger partial charge in [0.05, 0.1) is 39.8 Å². The Bertz CT molecular complexity index is 1300. The first-order valence-electron chi connectivity index (χ1n) is 12.9.